The predicted molar refractivity (Wildman–Crippen MR) is 62.4 cm³/mol. The van der Waals surface area contributed by atoms with Gasteiger partial charge < -0.3 is 10.0 Å². The van der Waals surface area contributed by atoms with E-state index >= 15 is 0 Å². The van der Waals surface area contributed by atoms with Crippen LogP contribution in [0.5, 0.6) is 0 Å². The lowest BCUT2D eigenvalue weighted by Gasteiger charge is -2.33. The summed E-state index contributed by atoms with van der Waals surface area (Å²) >= 11 is 0. The van der Waals surface area contributed by atoms with E-state index in [1.54, 1.807) is 6.08 Å². The van der Waals surface area contributed by atoms with Gasteiger partial charge in [-0.05, 0) is 24.5 Å². The number of hydrogen-bond acceptors (Lipinski definition) is 2. The van der Waals surface area contributed by atoms with Gasteiger partial charge in [0.15, 0.2) is 0 Å². The lowest BCUT2D eigenvalue weighted by molar-refractivity contribution is -0.137. The topological polar surface area (TPSA) is 40.5 Å². The summed E-state index contributed by atoms with van der Waals surface area (Å²) in [5.41, 5.74) is 2.17. The molecule has 0 spiro atoms. The van der Waals surface area contributed by atoms with Crippen molar-refractivity contribution in [1.82, 2.24) is 0 Å². The Kier molecular flexibility index (Phi) is 1.99. The van der Waals surface area contributed by atoms with E-state index in [9.17, 15) is 9.90 Å². The van der Waals surface area contributed by atoms with E-state index in [-0.39, 0.29) is 0 Å². The molecule has 1 fully saturated rings. The van der Waals surface area contributed by atoms with Crippen molar-refractivity contribution in [1.29, 1.82) is 0 Å². The minimum absolute atomic E-state index is 0.409. The smallest absolute Gasteiger partial charge is 0.330 e. The Morgan fingerprint density at radius 2 is 2.06 bits per heavy atom. The number of carboxylic acids is 1. The van der Waals surface area contributed by atoms with Crippen LogP contribution >= 0.6 is 0 Å². The molecule has 1 atom stereocenters. The first-order valence-corrected chi connectivity index (χ1v) is 5.56. The van der Waals surface area contributed by atoms with Crippen LogP contribution in [0.4, 0.5) is 5.69 Å². The molecule has 0 bridgehead atoms. The van der Waals surface area contributed by atoms with E-state index in [0.29, 0.717) is 6.04 Å². The van der Waals surface area contributed by atoms with Crippen molar-refractivity contribution in [3.63, 3.8) is 0 Å². The fourth-order valence-electron chi connectivity index (χ4n) is 2.28. The normalized spacial score (nSPS) is 23.0. The number of carboxylic acid groups (broad SMARTS) is 1. The summed E-state index contributed by atoms with van der Waals surface area (Å²) < 4.78 is 0. The molecule has 1 aliphatic carbocycles. The van der Waals surface area contributed by atoms with E-state index in [0.717, 1.165) is 24.1 Å². The summed E-state index contributed by atoms with van der Waals surface area (Å²) in [6.07, 6.45) is 5.90. The van der Waals surface area contributed by atoms with Crippen LogP contribution in [-0.2, 0) is 4.79 Å². The zero-order valence-electron chi connectivity index (χ0n) is 8.84. The second-order valence-electron chi connectivity index (χ2n) is 4.34. The van der Waals surface area contributed by atoms with E-state index in [1.165, 1.54) is 0 Å². The van der Waals surface area contributed by atoms with Crippen LogP contribution in [0.1, 0.15) is 18.4 Å². The Bertz CT molecular complexity index is 463. The van der Waals surface area contributed by atoms with Gasteiger partial charge in [-0.15, -0.1) is 0 Å². The van der Waals surface area contributed by atoms with Crippen molar-refractivity contribution in [3.05, 3.63) is 35.9 Å². The summed E-state index contributed by atoms with van der Waals surface area (Å²) in [4.78, 5) is 13.3. The summed E-state index contributed by atoms with van der Waals surface area (Å²) in [5.74, 6) is -0.766. The molecule has 3 heteroatoms. The first-order chi connectivity index (χ1) is 7.77. The van der Waals surface area contributed by atoms with Gasteiger partial charge in [0.2, 0.25) is 0 Å². The molecule has 1 heterocycles. The van der Waals surface area contributed by atoms with Crippen LogP contribution in [0, 0.1) is 0 Å². The maximum atomic E-state index is 11.2. The first kappa shape index (κ1) is 9.46. The Balaban J connectivity index is 2.07. The van der Waals surface area contributed by atoms with E-state index < -0.39 is 12.0 Å². The van der Waals surface area contributed by atoms with Crippen LogP contribution < -0.4 is 4.90 Å². The number of nitrogens with zero attached hydrogens (tertiary/aromatic N) is 1. The highest BCUT2D eigenvalue weighted by Gasteiger charge is 2.38. The summed E-state index contributed by atoms with van der Waals surface area (Å²) in [6, 6.07) is 7.89. The Labute approximate surface area is 94.0 Å². The number of carbonyl (C=O) groups is 1. The molecule has 1 aliphatic heterocycles. The molecule has 0 radical (unpaired) electrons. The van der Waals surface area contributed by atoms with Crippen LogP contribution in [0.25, 0.3) is 6.08 Å². The van der Waals surface area contributed by atoms with Gasteiger partial charge in [0.25, 0.3) is 0 Å². The summed E-state index contributed by atoms with van der Waals surface area (Å²) in [5, 5.41) is 9.22. The van der Waals surface area contributed by atoms with Crippen LogP contribution in [0.2, 0.25) is 0 Å². The number of rotatable bonds is 2. The van der Waals surface area contributed by atoms with Gasteiger partial charge in [-0.25, -0.2) is 4.79 Å². The van der Waals surface area contributed by atoms with Crippen LogP contribution in [0.15, 0.2) is 30.3 Å². The van der Waals surface area contributed by atoms with E-state index in [4.69, 9.17) is 0 Å². The number of anilines is 1. The second-order valence-corrected chi connectivity index (χ2v) is 4.34. The Morgan fingerprint density at radius 1 is 1.31 bits per heavy atom. The van der Waals surface area contributed by atoms with Gasteiger partial charge in [0, 0.05) is 11.7 Å². The molecule has 3 rings (SSSR count). The second kappa shape index (κ2) is 3.37. The van der Waals surface area contributed by atoms with Crippen molar-refractivity contribution >= 4 is 17.7 Å². The first-order valence-electron chi connectivity index (χ1n) is 5.56. The summed E-state index contributed by atoms with van der Waals surface area (Å²) in [7, 11) is 0. The quantitative estimate of drug-likeness (QED) is 0.821. The largest absolute Gasteiger partial charge is 0.479 e. The molecule has 0 amide bonds. The lowest BCUT2D eigenvalue weighted by Crippen LogP contribution is -2.43. The predicted octanol–water partition coefficient (Wildman–Crippen LogP) is 2.14. The molecule has 3 nitrogen and oxygen atoms in total. The van der Waals surface area contributed by atoms with Gasteiger partial charge in [-0.3, -0.25) is 0 Å². The summed E-state index contributed by atoms with van der Waals surface area (Å²) in [6.45, 7) is 0. The van der Waals surface area contributed by atoms with Gasteiger partial charge in [0.1, 0.15) is 6.04 Å². The molecular formula is C13H13NO2. The zero-order valence-corrected chi connectivity index (χ0v) is 8.84. The van der Waals surface area contributed by atoms with E-state index in [1.807, 2.05) is 35.2 Å². The monoisotopic (exact) mass is 215 g/mol. The standard InChI is InChI=1S/C13H13NO2/c15-13(16)12-8-5-9-3-1-2-4-11(9)14(12)10-6-7-10/h1-5,8,10,12H,6-7H2,(H,15,16). The highest BCUT2D eigenvalue weighted by Crippen LogP contribution is 2.38. The van der Waals surface area contributed by atoms with Gasteiger partial charge in [-0.1, -0.05) is 30.4 Å². The van der Waals surface area contributed by atoms with E-state index in [2.05, 4.69) is 0 Å². The fraction of sp³-hybridized carbons (Fsp3) is 0.308. The van der Waals surface area contributed by atoms with Crippen molar-refractivity contribution in [2.75, 3.05) is 4.90 Å². The molecule has 1 N–H and O–H groups in total. The lowest BCUT2D eigenvalue weighted by atomic mass is 10.0. The maximum Gasteiger partial charge on any atom is 0.330 e. The highest BCUT2D eigenvalue weighted by molar-refractivity contribution is 5.87. The molecule has 1 aromatic carbocycles. The minimum atomic E-state index is -0.766. The SMILES string of the molecule is O=C(O)C1C=Cc2ccccc2N1C1CC1. The van der Waals surface area contributed by atoms with Gasteiger partial charge in [0.05, 0.1) is 0 Å². The molecule has 16 heavy (non-hydrogen) atoms. The maximum absolute atomic E-state index is 11.2. The number of benzene rings is 1. The molecule has 0 saturated heterocycles. The number of para-hydroxylation sites is 1. The zero-order chi connectivity index (χ0) is 11.1. The van der Waals surface area contributed by atoms with Crippen molar-refractivity contribution in [3.8, 4) is 0 Å². The third kappa shape index (κ3) is 1.40. The number of aliphatic carboxylic acids is 1. The highest BCUT2D eigenvalue weighted by atomic mass is 16.4. The van der Waals surface area contributed by atoms with Crippen molar-refractivity contribution in [2.24, 2.45) is 0 Å². The van der Waals surface area contributed by atoms with Gasteiger partial charge in [-0.2, -0.15) is 0 Å². The average molecular weight is 215 g/mol. The van der Waals surface area contributed by atoms with Gasteiger partial charge >= 0.3 is 5.97 Å². The molecule has 1 saturated carbocycles. The number of hydrogen-bond donors (Lipinski definition) is 1. The molecule has 0 aromatic heterocycles. The third-order valence-electron chi connectivity index (χ3n) is 3.17. The van der Waals surface area contributed by atoms with Crippen LogP contribution in [-0.4, -0.2) is 23.2 Å². The Hall–Kier alpha value is -1.77. The average Bonchev–Trinajstić information content (AvgIpc) is 3.11. The molecular weight excluding hydrogens is 202 g/mol. The molecule has 1 aromatic rings. The van der Waals surface area contributed by atoms with Crippen LogP contribution in [0.3, 0.4) is 0 Å². The van der Waals surface area contributed by atoms with Crippen molar-refractivity contribution < 1.29 is 9.90 Å². The minimum Gasteiger partial charge on any atom is -0.479 e. The molecule has 1 unspecified atom stereocenters. The Morgan fingerprint density at radius 3 is 2.75 bits per heavy atom. The number of fused-ring (bicyclic) bond motifs is 1. The van der Waals surface area contributed by atoms with Crippen molar-refractivity contribution in [2.45, 2.75) is 24.9 Å². The molecule has 82 valence electrons. The molecule has 2 aliphatic rings. The third-order valence-corrected chi connectivity index (χ3v) is 3.17. The fourth-order valence-corrected chi connectivity index (χ4v) is 2.28.